The van der Waals surface area contributed by atoms with E-state index in [4.69, 9.17) is 9.47 Å². The minimum atomic E-state index is -0.332. The SMILES string of the molecule is O=C(COC(=O)CCCc1nc2ccccc2s1)NCC1(N2CCOCC2)CCCCC1. The number of carbonyl (C=O) groups is 2. The van der Waals surface area contributed by atoms with Crippen molar-refractivity contribution in [1.29, 1.82) is 0 Å². The van der Waals surface area contributed by atoms with E-state index in [9.17, 15) is 9.59 Å². The molecule has 0 bridgehead atoms. The molecule has 8 heteroatoms. The number of ether oxygens (including phenoxy) is 2. The highest BCUT2D eigenvalue weighted by Gasteiger charge is 2.38. The zero-order chi connectivity index (χ0) is 22.2. The van der Waals surface area contributed by atoms with Gasteiger partial charge in [-0.2, -0.15) is 0 Å². The van der Waals surface area contributed by atoms with Crippen LogP contribution in [0.3, 0.4) is 0 Å². The van der Waals surface area contributed by atoms with E-state index in [1.54, 1.807) is 11.3 Å². The number of morpholine rings is 1. The molecule has 2 aliphatic rings. The van der Waals surface area contributed by atoms with E-state index < -0.39 is 0 Å². The lowest BCUT2D eigenvalue weighted by atomic mass is 9.79. The number of hydrogen-bond acceptors (Lipinski definition) is 7. The largest absolute Gasteiger partial charge is 0.456 e. The third-order valence-corrected chi connectivity index (χ3v) is 7.65. The van der Waals surface area contributed by atoms with Gasteiger partial charge in [-0.25, -0.2) is 4.98 Å². The smallest absolute Gasteiger partial charge is 0.306 e. The summed E-state index contributed by atoms with van der Waals surface area (Å²) < 4.78 is 11.9. The summed E-state index contributed by atoms with van der Waals surface area (Å²) in [6.45, 7) is 3.74. The van der Waals surface area contributed by atoms with Gasteiger partial charge in [0.05, 0.1) is 28.4 Å². The predicted molar refractivity (Wildman–Crippen MR) is 125 cm³/mol. The highest BCUT2D eigenvalue weighted by molar-refractivity contribution is 7.18. The third-order valence-electron chi connectivity index (χ3n) is 6.55. The van der Waals surface area contributed by atoms with Gasteiger partial charge in [-0.15, -0.1) is 11.3 Å². The summed E-state index contributed by atoms with van der Waals surface area (Å²) in [5.74, 6) is -0.551. The molecule has 1 amide bonds. The molecule has 4 rings (SSSR count). The number of nitrogens with zero attached hydrogens (tertiary/aromatic N) is 2. The fraction of sp³-hybridized carbons (Fsp3) is 0.625. The van der Waals surface area contributed by atoms with E-state index >= 15 is 0 Å². The number of fused-ring (bicyclic) bond motifs is 1. The molecule has 0 unspecified atom stereocenters. The van der Waals surface area contributed by atoms with Crippen LogP contribution in [0, 0.1) is 0 Å². The van der Waals surface area contributed by atoms with E-state index in [-0.39, 0.29) is 24.0 Å². The summed E-state index contributed by atoms with van der Waals surface area (Å²) in [6.07, 6.45) is 7.53. The summed E-state index contributed by atoms with van der Waals surface area (Å²) >= 11 is 1.66. The van der Waals surface area contributed by atoms with E-state index in [0.29, 0.717) is 19.4 Å². The molecule has 1 saturated heterocycles. The predicted octanol–water partition coefficient (Wildman–Crippen LogP) is 3.31. The fourth-order valence-corrected chi connectivity index (χ4v) is 5.80. The molecule has 0 radical (unpaired) electrons. The van der Waals surface area contributed by atoms with Crippen molar-refractivity contribution in [3.63, 3.8) is 0 Å². The summed E-state index contributed by atoms with van der Waals surface area (Å²) in [5, 5.41) is 4.06. The molecule has 2 fully saturated rings. The highest BCUT2D eigenvalue weighted by Crippen LogP contribution is 2.33. The molecule has 1 aromatic heterocycles. The average molecular weight is 460 g/mol. The van der Waals surface area contributed by atoms with Crippen LogP contribution in [0.2, 0.25) is 0 Å². The Hall–Kier alpha value is -2.03. The molecule has 0 spiro atoms. The van der Waals surface area contributed by atoms with Gasteiger partial charge in [-0.05, 0) is 37.8 Å². The second-order valence-corrected chi connectivity index (χ2v) is 9.87. The molecule has 1 aliphatic heterocycles. The second-order valence-electron chi connectivity index (χ2n) is 8.75. The van der Waals surface area contributed by atoms with Crippen LogP contribution in [-0.4, -0.2) is 66.8 Å². The van der Waals surface area contributed by atoms with Crippen molar-refractivity contribution in [3.05, 3.63) is 29.3 Å². The molecule has 32 heavy (non-hydrogen) atoms. The minimum absolute atomic E-state index is 0.0128. The van der Waals surface area contributed by atoms with Crippen LogP contribution in [0.4, 0.5) is 0 Å². The van der Waals surface area contributed by atoms with Gasteiger partial charge in [-0.3, -0.25) is 14.5 Å². The average Bonchev–Trinajstić information content (AvgIpc) is 3.25. The summed E-state index contributed by atoms with van der Waals surface area (Å²) in [6, 6.07) is 8.04. The maximum absolute atomic E-state index is 12.4. The van der Waals surface area contributed by atoms with Crippen molar-refractivity contribution in [2.75, 3.05) is 39.5 Å². The number of hydrogen-bond donors (Lipinski definition) is 1. The van der Waals surface area contributed by atoms with Crippen molar-refractivity contribution in [2.45, 2.75) is 56.9 Å². The normalized spacial score (nSPS) is 19.0. The molecule has 1 saturated carbocycles. The molecule has 1 N–H and O–H groups in total. The number of nitrogens with one attached hydrogen (secondary N) is 1. The number of amides is 1. The standard InChI is InChI=1S/C24H33N3O4S/c28-21(25-18-24(11-4-1-5-12-24)27-13-15-30-16-14-27)17-31-23(29)10-6-9-22-26-19-7-2-3-8-20(19)32-22/h2-3,7-8H,1,4-6,9-18H2,(H,25,28). The van der Waals surface area contributed by atoms with Gasteiger partial charge in [0.25, 0.3) is 5.91 Å². The summed E-state index contributed by atoms with van der Waals surface area (Å²) in [4.78, 5) is 31.5. The first-order chi connectivity index (χ1) is 15.6. The Morgan fingerprint density at radius 3 is 2.72 bits per heavy atom. The second kappa shape index (κ2) is 11.2. The topological polar surface area (TPSA) is 80.8 Å². The van der Waals surface area contributed by atoms with Crippen LogP contribution in [0.25, 0.3) is 10.2 Å². The summed E-state index contributed by atoms with van der Waals surface area (Å²) in [7, 11) is 0. The Morgan fingerprint density at radius 1 is 1.16 bits per heavy atom. The van der Waals surface area contributed by atoms with Gasteiger partial charge in [-0.1, -0.05) is 31.4 Å². The number of aromatic nitrogens is 1. The number of esters is 1. The molecular weight excluding hydrogens is 426 g/mol. The summed E-state index contributed by atoms with van der Waals surface area (Å²) in [5.41, 5.74) is 1.01. The number of para-hydroxylation sites is 1. The lowest BCUT2D eigenvalue weighted by Crippen LogP contribution is -2.59. The van der Waals surface area contributed by atoms with Gasteiger partial charge < -0.3 is 14.8 Å². The van der Waals surface area contributed by atoms with Crippen LogP contribution < -0.4 is 5.32 Å². The third kappa shape index (κ3) is 6.05. The monoisotopic (exact) mass is 459 g/mol. The van der Waals surface area contributed by atoms with Crippen molar-refractivity contribution in [1.82, 2.24) is 15.2 Å². The molecule has 7 nitrogen and oxygen atoms in total. The van der Waals surface area contributed by atoms with Crippen LogP contribution in [0.1, 0.15) is 50.0 Å². The van der Waals surface area contributed by atoms with Crippen LogP contribution >= 0.6 is 11.3 Å². The molecular formula is C24H33N3O4S. The molecule has 0 atom stereocenters. The van der Waals surface area contributed by atoms with Gasteiger partial charge in [0.2, 0.25) is 0 Å². The van der Waals surface area contributed by atoms with Crippen molar-refractivity contribution < 1.29 is 19.1 Å². The number of benzene rings is 1. The van der Waals surface area contributed by atoms with Crippen molar-refractivity contribution in [2.24, 2.45) is 0 Å². The first-order valence-electron chi connectivity index (χ1n) is 11.7. The van der Waals surface area contributed by atoms with E-state index in [2.05, 4.69) is 21.3 Å². The molecule has 2 heterocycles. The first-order valence-corrected chi connectivity index (χ1v) is 12.6. The Balaban J connectivity index is 1.17. The van der Waals surface area contributed by atoms with Crippen molar-refractivity contribution >= 4 is 33.4 Å². The zero-order valence-corrected chi connectivity index (χ0v) is 19.5. The maximum Gasteiger partial charge on any atom is 0.306 e. The number of rotatable bonds is 9. The lowest BCUT2D eigenvalue weighted by molar-refractivity contribution is -0.148. The zero-order valence-electron chi connectivity index (χ0n) is 18.6. The van der Waals surface area contributed by atoms with Gasteiger partial charge in [0, 0.05) is 31.6 Å². The van der Waals surface area contributed by atoms with Crippen LogP contribution in [0.5, 0.6) is 0 Å². The Labute approximate surface area is 193 Å². The van der Waals surface area contributed by atoms with E-state index in [1.807, 2.05) is 18.2 Å². The van der Waals surface area contributed by atoms with E-state index in [0.717, 1.165) is 60.8 Å². The Morgan fingerprint density at radius 2 is 1.94 bits per heavy atom. The molecule has 1 aliphatic carbocycles. The molecule has 2 aromatic rings. The van der Waals surface area contributed by atoms with Gasteiger partial charge in [0.15, 0.2) is 6.61 Å². The molecule has 174 valence electrons. The Kier molecular flexibility index (Phi) is 8.10. The Bertz CT molecular complexity index is 871. The van der Waals surface area contributed by atoms with E-state index in [1.165, 1.54) is 19.3 Å². The first kappa shape index (κ1) is 23.1. The van der Waals surface area contributed by atoms with Crippen LogP contribution in [-0.2, 0) is 25.5 Å². The van der Waals surface area contributed by atoms with Crippen molar-refractivity contribution in [3.8, 4) is 0 Å². The minimum Gasteiger partial charge on any atom is -0.456 e. The highest BCUT2D eigenvalue weighted by atomic mass is 32.1. The number of thiazole rings is 1. The lowest BCUT2D eigenvalue weighted by Gasteiger charge is -2.48. The van der Waals surface area contributed by atoms with Gasteiger partial charge >= 0.3 is 5.97 Å². The van der Waals surface area contributed by atoms with Gasteiger partial charge in [0.1, 0.15) is 0 Å². The fourth-order valence-electron chi connectivity index (χ4n) is 4.80. The number of carbonyl (C=O) groups excluding carboxylic acids is 2. The van der Waals surface area contributed by atoms with Crippen LogP contribution in [0.15, 0.2) is 24.3 Å². The maximum atomic E-state index is 12.4. The quantitative estimate of drug-likeness (QED) is 0.580. The number of aryl methyl sites for hydroxylation is 1. The molecule has 1 aromatic carbocycles.